The fourth-order valence-corrected chi connectivity index (χ4v) is 3.51. The van der Waals surface area contributed by atoms with Crippen molar-refractivity contribution < 1.29 is 9.59 Å². The van der Waals surface area contributed by atoms with Crippen LogP contribution in [0.15, 0.2) is 72.4 Å². The number of rotatable bonds is 3. The first-order chi connectivity index (χ1) is 13.9. The number of halogens is 2. The van der Waals surface area contributed by atoms with Crippen LogP contribution in [-0.2, 0) is 9.59 Å². The molecular weight excluding hydrogens is 429 g/mol. The van der Waals surface area contributed by atoms with Crippen molar-refractivity contribution in [3.8, 4) is 5.69 Å². The highest BCUT2D eigenvalue weighted by Crippen LogP contribution is 2.24. The van der Waals surface area contributed by atoms with Gasteiger partial charge in [-0.2, -0.15) is 0 Å². The van der Waals surface area contributed by atoms with Gasteiger partial charge in [-0.05, 0) is 79.0 Å². The number of hydrogen-bond donors (Lipinski definition) is 1. The molecule has 0 bridgehead atoms. The van der Waals surface area contributed by atoms with Gasteiger partial charge in [0.15, 0.2) is 5.11 Å². The fraction of sp³-hybridized carbons (Fsp3) is 0. The molecule has 0 radical (unpaired) electrons. The number of thiocarbonyl (C=S) groups is 1. The lowest BCUT2D eigenvalue weighted by Crippen LogP contribution is -2.54. The van der Waals surface area contributed by atoms with E-state index in [1.165, 1.54) is 11.0 Å². The molecule has 1 saturated heterocycles. The molecule has 0 saturated carbocycles. The maximum Gasteiger partial charge on any atom is 0.270 e. The highest BCUT2D eigenvalue weighted by atomic mass is 35.5. The number of benzene rings is 2. The summed E-state index contributed by atoms with van der Waals surface area (Å²) in [5, 5.41) is 3.74. The highest BCUT2D eigenvalue weighted by molar-refractivity contribution is 7.80. The number of hydrogen-bond acceptors (Lipinski definition) is 3. The Morgan fingerprint density at radius 2 is 1.45 bits per heavy atom. The summed E-state index contributed by atoms with van der Waals surface area (Å²) in [6.07, 6.45) is 3.37. The normalized spacial score (nSPS) is 15.7. The average molecular weight is 442 g/mol. The zero-order chi connectivity index (χ0) is 20.5. The smallest absolute Gasteiger partial charge is 0.270 e. The van der Waals surface area contributed by atoms with Crippen molar-refractivity contribution in [2.24, 2.45) is 0 Å². The van der Waals surface area contributed by atoms with Gasteiger partial charge in [0.05, 0.1) is 5.69 Å². The third kappa shape index (κ3) is 3.82. The maximum absolute atomic E-state index is 13.1. The molecule has 2 amide bonds. The van der Waals surface area contributed by atoms with Gasteiger partial charge in [0.2, 0.25) is 0 Å². The Bertz CT molecular complexity index is 1150. The SMILES string of the molecule is O=C1NC(=S)N(c2ccc(Cl)cc2)C(=O)C1=Cc1cccn1-c1ccc(Cl)cc1. The lowest BCUT2D eigenvalue weighted by atomic mass is 10.1. The van der Waals surface area contributed by atoms with Crippen LogP contribution in [0.2, 0.25) is 10.0 Å². The lowest BCUT2D eigenvalue weighted by Gasteiger charge is -2.29. The van der Waals surface area contributed by atoms with Crippen LogP contribution in [-0.4, -0.2) is 21.5 Å². The quantitative estimate of drug-likeness (QED) is 0.366. The minimum Gasteiger partial charge on any atom is -0.317 e. The van der Waals surface area contributed by atoms with Crippen LogP contribution in [0.4, 0.5) is 5.69 Å². The van der Waals surface area contributed by atoms with E-state index in [1.807, 2.05) is 35.0 Å². The molecule has 1 fully saturated rings. The predicted molar refractivity (Wildman–Crippen MR) is 118 cm³/mol. The van der Waals surface area contributed by atoms with Crippen molar-refractivity contribution in [3.63, 3.8) is 0 Å². The molecule has 0 aliphatic carbocycles. The molecule has 144 valence electrons. The first-order valence-corrected chi connectivity index (χ1v) is 9.71. The van der Waals surface area contributed by atoms with Gasteiger partial charge in [0, 0.05) is 27.6 Å². The summed E-state index contributed by atoms with van der Waals surface area (Å²) in [5.74, 6) is -1.06. The molecule has 0 atom stereocenters. The molecule has 2 aromatic carbocycles. The number of carbonyl (C=O) groups is 2. The van der Waals surface area contributed by atoms with Gasteiger partial charge >= 0.3 is 0 Å². The van der Waals surface area contributed by atoms with E-state index in [-0.39, 0.29) is 10.7 Å². The van der Waals surface area contributed by atoms with E-state index in [1.54, 1.807) is 36.4 Å². The van der Waals surface area contributed by atoms with Crippen molar-refractivity contribution in [1.29, 1.82) is 0 Å². The Kier molecular flexibility index (Phi) is 5.24. The van der Waals surface area contributed by atoms with E-state index >= 15 is 0 Å². The van der Waals surface area contributed by atoms with E-state index in [2.05, 4.69) is 5.32 Å². The molecule has 29 heavy (non-hydrogen) atoms. The van der Waals surface area contributed by atoms with Crippen molar-refractivity contribution in [2.75, 3.05) is 4.90 Å². The summed E-state index contributed by atoms with van der Waals surface area (Å²) in [6.45, 7) is 0. The van der Waals surface area contributed by atoms with Crippen LogP contribution in [0.1, 0.15) is 5.69 Å². The molecule has 3 aromatic rings. The van der Waals surface area contributed by atoms with E-state index in [0.29, 0.717) is 21.4 Å². The van der Waals surface area contributed by atoms with Gasteiger partial charge in [-0.1, -0.05) is 23.2 Å². The highest BCUT2D eigenvalue weighted by Gasteiger charge is 2.34. The van der Waals surface area contributed by atoms with Crippen molar-refractivity contribution in [3.05, 3.63) is 88.2 Å². The van der Waals surface area contributed by atoms with Gasteiger partial charge < -0.3 is 4.57 Å². The van der Waals surface area contributed by atoms with Crippen molar-refractivity contribution in [1.82, 2.24) is 9.88 Å². The number of anilines is 1. The summed E-state index contributed by atoms with van der Waals surface area (Å²) in [4.78, 5) is 26.9. The number of nitrogens with one attached hydrogen (secondary N) is 1. The van der Waals surface area contributed by atoms with Crippen LogP contribution in [0, 0.1) is 0 Å². The number of amides is 2. The maximum atomic E-state index is 13.1. The van der Waals surface area contributed by atoms with Gasteiger partial charge in [0.1, 0.15) is 5.57 Å². The molecule has 0 spiro atoms. The standard InChI is InChI=1S/C21H13Cl2N3O2S/c22-13-3-7-15(8-4-13)25-11-1-2-17(25)12-18-19(27)24-21(29)26(20(18)28)16-9-5-14(23)6-10-16/h1-12H,(H,24,27,29). The molecule has 1 aliphatic heterocycles. The lowest BCUT2D eigenvalue weighted by molar-refractivity contribution is -0.122. The molecule has 1 N–H and O–H groups in total. The van der Waals surface area contributed by atoms with Crippen LogP contribution >= 0.6 is 35.4 Å². The minimum absolute atomic E-state index is 0.0209. The molecule has 1 aromatic heterocycles. The molecule has 1 aliphatic rings. The molecule has 0 unspecified atom stereocenters. The predicted octanol–water partition coefficient (Wildman–Crippen LogP) is 4.62. The van der Waals surface area contributed by atoms with Crippen molar-refractivity contribution >= 4 is 64.1 Å². The van der Waals surface area contributed by atoms with Gasteiger partial charge in [-0.3, -0.25) is 19.8 Å². The first kappa shape index (κ1) is 19.4. The minimum atomic E-state index is -0.547. The third-order valence-corrected chi connectivity index (χ3v) is 5.15. The fourth-order valence-electron chi connectivity index (χ4n) is 2.98. The summed E-state index contributed by atoms with van der Waals surface area (Å²) in [5.41, 5.74) is 2.00. The van der Waals surface area contributed by atoms with Gasteiger partial charge in [0.25, 0.3) is 11.8 Å². The topological polar surface area (TPSA) is 54.3 Å². The number of nitrogens with zero attached hydrogens (tertiary/aromatic N) is 2. The Labute approximate surface area is 182 Å². The van der Waals surface area contributed by atoms with E-state index in [9.17, 15) is 9.59 Å². The summed E-state index contributed by atoms with van der Waals surface area (Å²) >= 11 is 17.1. The second-order valence-electron chi connectivity index (χ2n) is 6.21. The molecule has 2 heterocycles. The molecule has 5 nitrogen and oxygen atoms in total. The van der Waals surface area contributed by atoms with E-state index in [0.717, 1.165) is 5.69 Å². The largest absolute Gasteiger partial charge is 0.317 e. The monoisotopic (exact) mass is 441 g/mol. The van der Waals surface area contributed by atoms with Gasteiger partial charge in [-0.15, -0.1) is 0 Å². The van der Waals surface area contributed by atoms with Crippen molar-refractivity contribution in [2.45, 2.75) is 0 Å². The Morgan fingerprint density at radius 1 is 0.862 bits per heavy atom. The number of aromatic nitrogens is 1. The molecular formula is C21H13Cl2N3O2S. The zero-order valence-corrected chi connectivity index (χ0v) is 17.1. The first-order valence-electron chi connectivity index (χ1n) is 8.54. The molecule has 4 rings (SSSR count). The van der Waals surface area contributed by atoms with E-state index < -0.39 is 11.8 Å². The van der Waals surface area contributed by atoms with Crippen LogP contribution in [0.3, 0.4) is 0 Å². The number of carbonyl (C=O) groups excluding carboxylic acids is 2. The van der Waals surface area contributed by atoms with Crippen LogP contribution in [0.25, 0.3) is 11.8 Å². The average Bonchev–Trinajstić information content (AvgIpc) is 3.15. The second kappa shape index (κ2) is 7.83. The van der Waals surface area contributed by atoms with Crippen LogP contribution in [0.5, 0.6) is 0 Å². The van der Waals surface area contributed by atoms with E-state index in [4.69, 9.17) is 35.4 Å². The zero-order valence-electron chi connectivity index (χ0n) is 14.8. The molecule has 8 heteroatoms. The second-order valence-corrected chi connectivity index (χ2v) is 7.47. The Hall–Kier alpha value is -2.93. The summed E-state index contributed by atoms with van der Waals surface area (Å²) in [7, 11) is 0. The third-order valence-electron chi connectivity index (χ3n) is 4.36. The summed E-state index contributed by atoms with van der Waals surface area (Å²) in [6, 6.07) is 17.5. The Morgan fingerprint density at radius 3 is 2.07 bits per heavy atom. The summed E-state index contributed by atoms with van der Waals surface area (Å²) < 4.78 is 1.85. The van der Waals surface area contributed by atoms with Crippen LogP contribution < -0.4 is 10.2 Å². The van der Waals surface area contributed by atoms with Gasteiger partial charge in [-0.25, -0.2) is 0 Å². The Balaban J connectivity index is 1.73.